The van der Waals surface area contributed by atoms with E-state index < -0.39 is 5.60 Å². The lowest BCUT2D eigenvalue weighted by atomic mass is 10.1. The van der Waals surface area contributed by atoms with Crippen LogP contribution in [0.1, 0.15) is 58.5 Å². The molecule has 1 aliphatic heterocycles. The summed E-state index contributed by atoms with van der Waals surface area (Å²) in [4.78, 5) is 14.2. The molecule has 130 valence electrons. The molecule has 0 bridgehead atoms. The SMILES string of the molecule is Cc1ccc(CNC(C)CC2CCCN2C(=O)OC(C)(C)C)o1. The Bertz CT molecular complexity index is 519. The topological polar surface area (TPSA) is 54.7 Å². The summed E-state index contributed by atoms with van der Waals surface area (Å²) in [6, 6.07) is 4.54. The summed E-state index contributed by atoms with van der Waals surface area (Å²) >= 11 is 0. The first-order valence-corrected chi connectivity index (χ1v) is 8.53. The van der Waals surface area contributed by atoms with Crippen LogP contribution in [0.3, 0.4) is 0 Å². The van der Waals surface area contributed by atoms with Crippen molar-refractivity contribution in [1.82, 2.24) is 10.2 Å². The maximum absolute atomic E-state index is 12.3. The zero-order chi connectivity index (χ0) is 17.0. The van der Waals surface area contributed by atoms with Crippen molar-refractivity contribution >= 4 is 6.09 Å². The minimum atomic E-state index is -0.439. The van der Waals surface area contributed by atoms with Crippen molar-refractivity contribution in [1.29, 1.82) is 0 Å². The number of nitrogens with one attached hydrogen (secondary N) is 1. The molecule has 0 spiro atoms. The lowest BCUT2D eigenvalue weighted by Crippen LogP contribution is -2.42. The van der Waals surface area contributed by atoms with Gasteiger partial charge in [0.05, 0.1) is 6.54 Å². The Kier molecular flexibility index (Phi) is 5.74. The minimum Gasteiger partial charge on any atom is -0.465 e. The second-order valence-corrected chi connectivity index (χ2v) is 7.50. The number of likely N-dealkylation sites (tertiary alicyclic amines) is 1. The summed E-state index contributed by atoms with van der Waals surface area (Å²) < 4.78 is 11.1. The largest absolute Gasteiger partial charge is 0.465 e. The van der Waals surface area contributed by atoms with Gasteiger partial charge in [-0.3, -0.25) is 0 Å². The highest BCUT2D eigenvalue weighted by Crippen LogP contribution is 2.24. The van der Waals surface area contributed by atoms with E-state index in [1.165, 1.54) is 0 Å². The molecule has 1 fully saturated rings. The van der Waals surface area contributed by atoms with Crippen molar-refractivity contribution in [2.75, 3.05) is 6.54 Å². The molecule has 0 saturated carbocycles. The number of furan rings is 1. The number of aryl methyl sites for hydroxylation is 1. The zero-order valence-corrected chi connectivity index (χ0v) is 15.0. The third kappa shape index (κ3) is 5.57. The molecule has 0 radical (unpaired) electrons. The van der Waals surface area contributed by atoms with Crippen LogP contribution in [-0.4, -0.2) is 35.2 Å². The van der Waals surface area contributed by atoms with E-state index in [9.17, 15) is 4.79 Å². The fraction of sp³-hybridized carbons (Fsp3) is 0.722. The third-order valence-electron chi connectivity index (χ3n) is 4.05. The molecule has 1 aromatic heterocycles. The monoisotopic (exact) mass is 322 g/mol. The molecule has 0 aromatic carbocycles. The molecule has 2 heterocycles. The van der Waals surface area contributed by atoms with Gasteiger partial charge in [-0.15, -0.1) is 0 Å². The van der Waals surface area contributed by atoms with Gasteiger partial charge in [-0.25, -0.2) is 4.79 Å². The second kappa shape index (κ2) is 7.39. The lowest BCUT2D eigenvalue weighted by molar-refractivity contribution is 0.0214. The summed E-state index contributed by atoms with van der Waals surface area (Å²) in [5.74, 6) is 1.88. The Balaban J connectivity index is 1.81. The van der Waals surface area contributed by atoms with Crippen LogP contribution < -0.4 is 5.32 Å². The van der Waals surface area contributed by atoms with Gasteiger partial charge in [0.25, 0.3) is 0 Å². The Morgan fingerprint density at radius 2 is 2.22 bits per heavy atom. The van der Waals surface area contributed by atoms with Gasteiger partial charge in [-0.05, 0) is 66.0 Å². The molecule has 2 atom stereocenters. The molecule has 5 nitrogen and oxygen atoms in total. The van der Waals surface area contributed by atoms with Crippen molar-refractivity contribution in [3.63, 3.8) is 0 Å². The van der Waals surface area contributed by atoms with Crippen molar-refractivity contribution in [2.45, 2.75) is 78.1 Å². The quantitative estimate of drug-likeness (QED) is 0.894. The minimum absolute atomic E-state index is 0.186. The van der Waals surface area contributed by atoms with Crippen LogP contribution in [0.15, 0.2) is 16.5 Å². The maximum atomic E-state index is 12.3. The van der Waals surface area contributed by atoms with Gasteiger partial charge in [0, 0.05) is 18.6 Å². The summed E-state index contributed by atoms with van der Waals surface area (Å²) in [6.45, 7) is 11.3. The molecular formula is C18H30N2O3. The highest BCUT2D eigenvalue weighted by Gasteiger charge is 2.32. The van der Waals surface area contributed by atoms with Crippen LogP contribution in [0.25, 0.3) is 0 Å². The van der Waals surface area contributed by atoms with Gasteiger partial charge in [0.2, 0.25) is 0 Å². The zero-order valence-electron chi connectivity index (χ0n) is 15.0. The van der Waals surface area contributed by atoms with Gasteiger partial charge in [0.15, 0.2) is 0 Å². The molecule has 23 heavy (non-hydrogen) atoms. The molecule has 0 aliphatic carbocycles. The van der Waals surface area contributed by atoms with E-state index in [-0.39, 0.29) is 12.1 Å². The molecule has 2 unspecified atom stereocenters. The summed E-state index contributed by atoms with van der Waals surface area (Å²) in [5, 5.41) is 3.47. The van der Waals surface area contributed by atoms with E-state index >= 15 is 0 Å². The standard InChI is InChI=1S/C18H30N2O3/c1-13(19-12-16-9-8-14(2)22-16)11-15-7-6-10-20(15)17(21)23-18(3,4)5/h8-9,13,15,19H,6-7,10-12H2,1-5H3. The van der Waals surface area contributed by atoms with Crippen LogP contribution in [0.4, 0.5) is 4.79 Å². The first-order valence-electron chi connectivity index (χ1n) is 8.53. The summed E-state index contributed by atoms with van der Waals surface area (Å²) in [6.07, 6.45) is 2.84. The first kappa shape index (κ1) is 17.9. The predicted octanol–water partition coefficient (Wildman–Crippen LogP) is 3.86. The highest BCUT2D eigenvalue weighted by atomic mass is 16.6. The number of ether oxygens (including phenoxy) is 1. The average Bonchev–Trinajstić information content (AvgIpc) is 3.03. The number of hydrogen-bond donors (Lipinski definition) is 1. The number of carbonyl (C=O) groups is 1. The Hall–Kier alpha value is -1.49. The number of amides is 1. The average molecular weight is 322 g/mol. The van der Waals surface area contributed by atoms with Gasteiger partial charge >= 0.3 is 6.09 Å². The second-order valence-electron chi connectivity index (χ2n) is 7.50. The highest BCUT2D eigenvalue weighted by molar-refractivity contribution is 5.68. The fourth-order valence-corrected chi connectivity index (χ4v) is 2.99. The number of nitrogens with zero attached hydrogens (tertiary/aromatic N) is 1. The normalized spacial score (nSPS) is 19.9. The smallest absolute Gasteiger partial charge is 0.410 e. The molecule has 1 aliphatic rings. The number of hydrogen-bond acceptors (Lipinski definition) is 4. The third-order valence-corrected chi connectivity index (χ3v) is 4.05. The summed E-state index contributed by atoms with van der Waals surface area (Å²) in [5.41, 5.74) is -0.439. The lowest BCUT2D eigenvalue weighted by Gasteiger charge is -2.30. The van der Waals surface area contributed by atoms with Gasteiger partial charge in [-0.1, -0.05) is 0 Å². The molecule has 1 amide bonds. The van der Waals surface area contributed by atoms with Crippen LogP contribution in [-0.2, 0) is 11.3 Å². The van der Waals surface area contributed by atoms with Crippen molar-refractivity contribution in [3.05, 3.63) is 23.7 Å². The molecule has 1 saturated heterocycles. The van der Waals surface area contributed by atoms with E-state index in [0.717, 1.165) is 37.3 Å². The van der Waals surface area contributed by atoms with Crippen molar-refractivity contribution in [2.24, 2.45) is 0 Å². The molecular weight excluding hydrogens is 292 g/mol. The van der Waals surface area contributed by atoms with Gasteiger partial charge in [-0.2, -0.15) is 0 Å². The maximum Gasteiger partial charge on any atom is 0.410 e. The van der Waals surface area contributed by atoms with E-state index in [1.807, 2.05) is 44.7 Å². The van der Waals surface area contributed by atoms with Gasteiger partial charge < -0.3 is 19.4 Å². The Morgan fingerprint density at radius 1 is 1.48 bits per heavy atom. The molecule has 2 rings (SSSR count). The van der Waals surface area contributed by atoms with Crippen LogP contribution in [0.2, 0.25) is 0 Å². The Morgan fingerprint density at radius 3 is 2.83 bits per heavy atom. The van der Waals surface area contributed by atoms with Crippen molar-refractivity contribution in [3.8, 4) is 0 Å². The predicted molar refractivity (Wildman–Crippen MR) is 90.3 cm³/mol. The van der Waals surface area contributed by atoms with Gasteiger partial charge in [0.1, 0.15) is 17.1 Å². The van der Waals surface area contributed by atoms with Crippen LogP contribution in [0, 0.1) is 6.92 Å². The fourth-order valence-electron chi connectivity index (χ4n) is 2.99. The molecule has 1 aromatic rings. The van der Waals surface area contributed by atoms with Crippen LogP contribution >= 0.6 is 0 Å². The van der Waals surface area contributed by atoms with Crippen molar-refractivity contribution < 1.29 is 13.9 Å². The summed E-state index contributed by atoms with van der Waals surface area (Å²) in [7, 11) is 0. The first-order chi connectivity index (χ1) is 10.7. The van der Waals surface area contributed by atoms with Crippen LogP contribution in [0.5, 0.6) is 0 Å². The van der Waals surface area contributed by atoms with E-state index in [0.29, 0.717) is 12.6 Å². The van der Waals surface area contributed by atoms with E-state index in [2.05, 4.69) is 12.2 Å². The number of rotatable bonds is 5. The number of carbonyl (C=O) groups excluding carboxylic acids is 1. The Labute approximate surface area is 139 Å². The molecule has 5 heteroatoms. The van der Waals surface area contributed by atoms with E-state index in [4.69, 9.17) is 9.15 Å². The molecule has 1 N–H and O–H groups in total. The van der Waals surface area contributed by atoms with E-state index in [1.54, 1.807) is 0 Å².